The Hall–Kier alpha value is -3.75. The van der Waals surface area contributed by atoms with Gasteiger partial charge in [0, 0.05) is 20.0 Å². The second kappa shape index (κ2) is 6.63. The molecule has 3 heterocycles. The van der Waals surface area contributed by atoms with Crippen molar-refractivity contribution in [3.63, 3.8) is 0 Å². The Morgan fingerprint density at radius 2 is 2.06 bits per heavy atom. The van der Waals surface area contributed by atoms with Gasteiger partial charge in [-0.2, -0.15) is 9.97 Å². The topological polar surface area (TPSA) is 104 Å². The van der Waals surface area contributed by atoms with Crippen LogP contribution < -0.4 is 10.9 Å². The predicted octanol–water partition coefficient (Wildman–Crippen LogP) is 2.42. The van der Waals surface area contributed by atoms with Crippen LogP contribution in [0.3, 0.4) is 0 Å². The molecular weight excluding hydrogens is 394 g/mol. The Labute approximate surface area is 177 Å². The molecule has 1 N–H and O–H groups in total. The number of anilines is 1. The van der Waals surface area contributed by atoms with Gasteiger partial charge in [0.25, 0.3) is 5.56 Å². The molecule has 2 aliphatic rings. The van der Waals surface area contributed by atoms with Gasteiger partial charge in [-0.1, -0.05) is 41.6 Å². The highest BCUT2D eigenvalue weighted by molar-refractivity contribution is 5.73. The largest absolute Gasteiger partial charge is 0.359 e. The van der Waals surface area contributed by atoms with Crippen LogP contribution in [0.25, 0.3) is 16.7 Å². The average Bonchev–Trinajstić information content (AvgIpc) is 3.18. The number of hydrogen-bond donors (Lipinski definition) is 1. The molecule has 31 heavy (non-hydrogen) atoms. The number of aromatic nitrogens is 6. The molecule has 1 fully saturated rings. The van der Waals surface area contributed by atoms with Gasteiger partial charge in [-0.15, -0.1) is 0 Å². The second-order valence-corrected chi connectivity index (χ2v) is 8.17. The van der Waals surface area contributed by atoms with Gasteiger partial charge in [0.1, 0.15) is 12.9 Å². The molecule has 4 aromatic rings. The van der Waals surface area contributed by atoms with Crippen molar-refractivity contribution >= 4 is 22.7 Å². The van der Waals surface area contributed by atoms with E-state index in [9.17, 15) is 4.79 Å². The van der Waals surface area contributed by atoms with E-state index in [1.165, 1.54) is 22.0 Å². The third-order valence-electron chi connectivity index (χ3n) is 6.39. The number of fused-ring (bicyclic) bond motifs is 2. The van der Waals surface area contributed by atoms with Crippen LogP contribution in [0.2, 0.25) is 0 Å². The van der Waals surface area contributed by atoms with Crippen molar-refractivity contribution in [1.82, 2.24) is 29.2 Å². The fourth-order valence-corrected chi connectivity index (χ4v) is 4.75. The zero-order valence-corrected chi connectivity index (χ0v) is 17.2. The van der Waals surface area contributed by atoms with Crippen molar-refractivity contribution in [2.24, 2.45) is 18.9 Å². The Balaban J connectivity index is 1.22. The van der Waals surface area contributed by atoms with E-state index in [-0.39, 0.29) is 12.1 Å². The summed E-state index contributed by atoms with van der Waals surface area (Å²) in [7, 11) is 3.54. The highest BCUT2D eigenvalue weighted by Crippen LogP contribution is 2.62. The van der Waals surface area contributed by atoms with E-state index in [0.29, 0.717) is 40.8 Å². The maximum atomic E-state index is 12.9. The summed E-state index contributed by atoms with van der Waals surface area (Å²) < 4.78 is 8.64. The van der Waals surface area contributed by atoms with Gasteiger partial charge in [-0.3, -0.25) is 9.36 Å². The number of aryl methyl sites for hydroxylation is 1. The van der Waals surface area contributed by atoms with Gasteiger partial charge in [0.2, 0.25) is 11.8 Å². The molecule has 9 nitrogen and oxygen atoms in total. The van der Waals surface area contributed by atoms with Crippen molar-refractivity contribution in [1.29, 1.82) is 0 Å². The Bertz CT molecular complexity index is 1380. The molecule has 0 spiro atoms. The Kier molecular flexibility index (Phi) is 3.86. The number of nitrogens with one attached hydrogen (secondary N) is 1. The molecule has 0 radical (unpaired) electrons. The van der Waals surface area contributed by atoms with E-state index < -0.39 is 0 Å². The molecule has 6 rings (SSSR count). The summed E-state index contributed by atoms with van der Waals surface area (Å²) in [6, 6.07) is 10.5. The molecule has 1 aromatic carbocycles. The zero-order chi connectivity index (χ0) is 21.1. The summed E-state index contributed by atoms with van der Waals surface area (Å²) in [5.41, 5.74) is 3.34. The standard InChI is InChI=1S/C22H21N7O2/c1-23-22-26-20-18(28(22)2)21(30)29(11-24-20)10-16-25-19(27-31-16)17-14-8-13(9-15(14)17)12-6-4-3-5-7-12/h3-8,11,14-15,17H,9-10H2,1-2H3,(H,23,26)/t14-,15+,17+/m0/s1. The number of hydrogen-bond acceptors (Lipinski definition) is 7. The van der Waals surface area contributed by atoms with Gasteiger partial charge < -0.3 is 14.4 Å². The molecule has 156 valence electrons. The van der Waals surface area contributed by atoms with Gasteiger partial charge >= 0.3 is 0 Å². The lowest BCUT2D eigenvalue weighted by Crippen LogP contribution is -2.22. The van der Waals surface area contributed by atoms with E-state index in [4.69, 9.17) is 4.52 Å². The van der Waals surface area contributed by atoms with Crippen LogP contribution in [0.5, 0.6) is 0 Å². The van der Waals surface area contributed by atoms with Crippen molar-refractivity contribution in [2.45, 2.75) is 18.9 Å². The third kappa shape index (κ3) is 2.80. The van der Waals surface area contributed by atoms with Gasteiger partial charge in [-0.05, 0) is 29.4 Å². The van der Waals surface area contributed by atoms with Crippen LogP contribution in [-0.2, 0) is 13.6 Å². The molecule has 0 amide bonds. The molecular formula is C22H21N7O2. The monoisotopic (exact) mass is 415 g/mol. The van der Waals surface area contributed by atoms with Crippen molar-refractivity contribution < 1.29 is 4.52 Å². The Morgan fingerprint density at radius 1 is 1.23 bits per heavy atom. The number of nitrogens with zero attached hydrogens (tertiary/aromatic N) is 6. The summed E-state index contributed by atoms with van der Waals surface area (Å²) >= 11 is 0. The number of allylic oxidation sites excluding steroid dienone is 2. The number of imidazole rings is 1. The molecule has 3 aromatic heterocycles. The first-order valence-electron chi connectivity index (χ1n) is 10.3. The van der Waals surface area contributed by atoms with Crippen LogP contribution in [0.4, 0.5) is 5.95 Å². The molecule has 0 aliphatic heterocycles. The molecule has 9 heteroatoms. The maximum Gasteiger partial charge on any atom is 0.280 e. The van der Waals surface area contributed by atoms with E-state index in [1.54, 1.807) is 18.7 Å². The lowest BCUT2D eigenvalue weighted by Gasteiger charge is -2.05. The van der Waals surface area contributed by atoms with Crippen LogP contribution in [0.15, 0.2) is 52.1 Å². The highest BCUT2D eigenvalue weighted by Gasteiger charge is 2.55. The second-order valence-electron chi connectivity index (χ2n) is 8.17. The van der Waals surface area contributed by atoms with Crippen LogP contribution in [0, 0.1) is 11.8 Å². The van der Waals surface area contributed by atoms with Crippen molar-refractivity contribution in [3.05, 3.63) is 70.4 Å². The van der Waals surface area contributed by atoms with E-state index in [1.807, 2.05) is 6.07 Å². The molecule has 1 saturated carbocycles. The average molecular weight is 415 g/mol. The minimum Gasteiger partial charge on any atom is -0.359 e. The molecule has 0 unspecified atom stereocenters. The van der Waals surface area contributed by atoms with Crippen molar-refractivity contribution in [2.75, 3.05) is 12.4 Å². The smallest absolute Gasteiger partial charge is 0.280 e. The quantitative estimate of drug-likeness (QED) is 0.534. The summed E-state index contributed by atoms with van der Waals surface area (Å²) in [5, 5.41) is 7.16. The SMILES string of the molecule is CNc1nc2ncn(Cc3nc([C@@H]4[C@H]5C=C(c6ccccc6)C[C@H]54)no3)c(=O)c2n1C. The third-order valence-corrected chi connectivity index (χ3v) is 6.39. The minimum atomic E-state index is -0.194. The van der Waals surface area contributed by atoms with Crippen LogP contribution in [0.1, 0.15) is 29.6 Å². The summed E-state index contributed by atoms with van der Waals surface area (Å²) in [6.45, 7) is 0.183. The highest BCUT2D eigenvalue weighted by atomic mass is 16.5. The summed E-state index contributed by atoms with van der Waals surface area (Å²) in [5.74, 6) is 3.03. The van der Waals surface area contributed by atoms with Gasteiger partial charge in [0.05, 0.1) is 0 Å². The lowest BCUT2D eigenvalue weighted by atomic mass is 10.0. The fourth-order valence-electron chi connectivity index (χ4n) is 4.75. The Morgan fingerprint density at radius 3 is 2.81 bits per heavy atom. The number of rotatable bonds is 5. The van der Waals surface area contributed by atoms with Gasteiger partial charge in [0.15, 0.2) is 17.0 Å². The molecule has 2 aliphatic carbocycles. The zero-order valence-electron chi connectivity index (χ0n) is 17.2. The lowest BCUT2D eigenvalue weighted by molar-refractivity contribution is 0.364. The minimum absolute atomic E-state index is 0.183. The summed E-state index contributed by atoms with van der Waals surface area (Å²) in [6.07, 6.45) is 4.87. The summed E-state index contributed by atoms with van der Waals surface area (Å²) in [4.78, 5) is 26.1. The molecule has 0 bridgehead atoms. The van der Waals surface area contributed by atoms with E-state index >= 15 is 0 Å². The van der Waals surface area contributed by atoms with Gasteiger partial charge in [-0.25, -0.2) is 4.98 Å². The maximum absolute atomic E-state index is 12.9. The normalized spacial score (nSPS) is 21.9. The van der Waals surface area contributed by atoms with E-state index in [2.05, 4.69) is 55.8 Å². The fraction of sp³-hybridized carbons (Fsp3) is 0.318. The first kappa shape index (κ1) is 18.1. The molecule has 0 saturated heterocycles. The predicted molar refractivity (Wildman–Crippen MR) is 114 cm³/mol. The molecule has 3 atom stereocenters. The van der Waals surface area contributed by atoms with E-state index in [0.717, 1.165) is 12.2 Å². The number of benzene rings is 1. The first-order chi connectivity index (χ1) is 15.1. The van der Waals surface area contributed by atoms with Crippen LogP contribution >= 0.6 is 0 Å². The first-order valence-corrected chi connectivity index (χ1v) is 10.3. The van der Waals surface area contributed by atoms with Crippen LogP contribution in [-0.4, -0.2) is 36.3 Å². The van der Waals surface area contributed by atoms with Crippen molar-refractivity contribution in [3.8, 4) is 0 Å².